The number of hydrogen-bond donors (Lipinski definition) is 2. The van der Waals surface area contributed by atoms with Gasteiger partial charge in [0, 0.05) is 0 Å². The Kier molecular flexibility index (Phi) is 4.78. The van der Waals surface area contributed by atoms with Crippen molar-refractivity contribution in [3.63, 3.8) is 0 Å². The van der Waals surface area contributed by atoms with Crippen LogP contribution in [-0.2, 0) is 9.47 Å². The molecule has 0 fully saturated rings. The van der Waals surface area contributed by atoms with Crippen LogP contribution in [-0.4, -0.2) is 36.6 Å². The average Bonchev–Trinajstić information content (AvgIpc) is 2.33. The van der Waals surface area contributed by atoms with Crippen LogP contribution in [0, 0.1) is 6.92 Å². The molecule has 0 heterocycles. The summed E-state index contributed by atoms with van der Waals surface area (Å²) in [7, 11) is 2.86. The van der Waals surface area contributed by atoms with Gasteiger partial charge in [0.25, 0.3) is 0 Å². The van der Waals surface area contributed by atoms with Crippen LogP contribution < -0.4 is 0 Å². The summed E-state index contributed by atoms with van der Waals surface area (Å²) in [5.41, 5.74) is 1.34. The number of aliphatic hydroxyl groups excluding tert-OH is 2. The van der Waals surface area contributed by atoms with Crippen LogP contribution in [0.3, 0.4) is 0 Å². The van der Waals surface area contributed by atoms with Gasteiger partial charge < -0.3 is 19.7 Å². The van der Waals surface area contributed by atoms with E-state index in [2.05, 4.69) is 0 Å². The molecule has 0 aromatic rings. The zero-order valence-corrected chi connectivity index (χ0v) is 10.3. The number of rotatable bonds is 4. The molecule has 2 radical (unpaired) electrons. The molecular weight excluding hydrogens is 220 g/mol. The van der Waals surface area contributed by atoms with Crippen molar-refractivity contribution in [2.24, 2.45) is 0 Å². The van der Waals surface area contributed by atoms with E-state index >= 15 is 0 Å². The molecule has 0 aliphatic heterocycles. The highest BCUT2D eigenvalue weighted by atomic mass is 16.5. The molecule has 94 valence electrons. The van der Waals surface area contributed by atoms with E-state index in [4.69, 9.17) is 16.4 Å². The molecule has 0 spiro atoms. The topological polar surface area (TPSA) is 58.9 Å². The largest absolute Gasteiger partial charge is 0.494 e. The van der Waals surface area contributed by atoms with Gasteiger partial charge in [0.15, 0.2) is 11.5 Å². The highest BCUT2D eigenvalue weighted by Crippen LogP contribution is 2.33. The third kappa shape index (κ3) is 2.53. The van der Waals surface area contributed by atoms with Gasteiger partial charge in [-0.2, -0.15) is 0 Å². The van der Waals surface area contributed by atoms with Crippen molar-refractivity contribution in [2.75, 3.05) is 14.2 Å². The van der Waals surface area contributed by atoms with E-state index in [0.29, 0.717) is 17.6 Å². The van der Waals surface area contributed by atoms with Crippen LogP contribution in [0.5, 0.6) is 0 Å². The predicted molar refractivity (Wildman–Crippen MR) is 63.8 cm³/mol. The van der Waals surface area contributed by atoms with Crippen LogP contribution in [0.1, 0.15) is 13.3 Å². The smallest absolute Gasteiger partial charge is 0.169 e. The molecule has 2 atom stereocenters. The van der Waals surface area contributed by atoms with Crippen LogP contribution in [0.4, 0.5) is 0 Å². The monoisotopic (exact) mass is 238 g/mol. The maximum atomic E-state index is 10.1. The lowest BCUT2D eigenvalue weighted by Crippen LogP contribution is -2.31. The first kappa shape index (κ1) is 13.8. The SMILES string of the molecule is [CH]/C=C/CC1=C(C)C(O)C(OC)=C(OC)C1O. The summed E-state index contributed by atoms with van der Waals surface area (Å²) in [6.07, 6.45) is 1.78. The minimum absolute atomic E-state index is 0.242. The fraction of sp³-hybridized carbons (Fsp3) is 0.462. The number of allylic oxidation sites excluding steroid dienone is 2. The van der Waals surface area contributed by atoms with E-state index in [1.54, 1.807) is 13.0 Å². The van der Waals surface area contributed by atoms with Crippen molar-refractivity contribution < 1.29 is 19.7 Å². The van der Waals surface area contributed by atoms with Crippen LogP contribution >= 0.6 is 0 Å². The Bertz CT molecular complexity index is 366. The van der Waals surface area contributed by atoms with Crippen molar-refractivity contribution >= 4 is 0 Å². The van der Waals surface area contributed by atoms with Gasteiger partial charge >= 0.3 is 0 Å². The molecule has 0 amide bonds. The quantitative estimate of drug-likeness (QED) is 0.723. The number of aliphatic hydroxyl groups is 2. The second-order valence-corrected chi connectivity index (χ2v) is 3.78. The van der Waals surface area contributed by atoms with Crippen molar-refractivity contribution in [2.45, 2.75) is 25.6 Å². The Morgan fingerprint density at radius 1 is 1.18 bits per heavy atom. The summed E-state index contributed by atoms with van der Waals surface area (Å²) >= 11 is 0. The lowest BCUT2D eigenvalue weighted by atomic mass is 9.89. The van der Waals surface area contributed by atoms with Crippen molar-refractivity contribution in [1.29, 1.82) is 0 Å². The molecule has 0 bridgehead atoms. The first-order valence-electron chi connectivity index (χ1n) is 5.32. The van der Waals surface area contributed by atoms with Gasteiger partial charge in [-0.05, 0) is 31.4 Å². The van der Waals surface area contributed by atoms with Gasteiger partial charge in [-0.15, -0.1) is 0 Å². The fourth-order valence-corrected chi connectivity index (χ4v) is 1.91. The fourth-order valence-electron chi connectivity index (χ4n) is 1.91. The van der Waals surface area contributed by atoms with Crippen LogP contribution in [0.25, 0.3) is 0 Å². The standard InChI is InChI=1S/C13H18O4/c1-5-6-7-9-8(2)10(14)12(16-3)13(17-4)11(9)15/h1,5-6,10-11,14-15H,7H2,2-4H3/b6-5+. The third-order valence-electron chi connectivity index (χ3n) is 2.90. The Morgan fingerprint density at radius 2 is 1.71 bits per heavy atom. The molecule has 4 nitrogen and oxygen atoms in total. The maximum absolute atomic E-state index is 10.1. The second-order valence-electron chi connectivity index (χ2n) is 3.78. The molecule has 0 saturated carbocycles. The van der Waals surface area contributed by atoms with Crippen LogP contribution in [0.2, 0.25) is 0 Å². The molecule has 2 unspecified atom stereocenters. The molecule has 4 heteroatoms. The Morgan fingerprint density at radius 3 is 2.18 bits per heavy atom. The van der Waals surface area contributed by atoms with Crippen LogP contribution in [0.15, 0.2) is 34.8 Å². The first-order valence-corrected chi connectivity index (χ1v) is 5.32. The van der Waals surface area contributed by atoms with E-state index in [0.717, 1.165) is 0 Å². The molecule has 0 aromatic carbocycles. The molecule has 1 aliphatic rings. The van der Waals surface area contributed by atoms with Gasteiger partial charge in [0.1, 0.15) is 12.2 Å². The van der Waals surface area contributed by atoms with Gasteiger partial charge in [-0.1, -0.05) is 12.2 Å². The molecular formula is C13H18O4. The van der Waals surface area contributed by atoms with E-state index in [-0.39, 0.29) is 11.5 Å². The molecule has 1 aliphatic carbocycles. The molecule has 0 saturated heterocycles. The third-order valence-corrected chi connectivity index (χ3v) is 2.90. The summed E-state index contributed by atoms with van der Waals surface area (Å²) in [6.45, 7) is 7.03. The summed E-state index contributed by atoms with van der Waals surface area (Å²) in [5.74, 6) is 0.490. The minimum Gasteiger partial charge on any atom is -0.494 e. The minimum atomic E-state index is -0.908. The van der Waals surface area contributed by atoms with Crippen molar-refractivity contribution in [3.05, 3.63) is 41.7 Å². The Hall–Kier alpha value is -1.26. The summed E-state index contributed by atoms with van der Waals surface area (Å²) in [6, 6.07) is 0. The van der Waals surface area contributed by atoms with Crippen molar-refractivity contribution in [3.8, 4) is 0 Å². The highest BCUT2D eigenvalue weighted by molar-refractivity contribution is 5.39. The molecule has 0 aromatic heterocycles. The zero-order chi connectivity index (χ0) is 13.0. The van der Waals surface area contributed by atoms with Gasteiger partial charge in [0.2, 0.25) is 0 Å². The number of methoxy groups -OCH3 is 2. The zero-order valence-electron chi connectivity index (χ0n) is 10.3. The van der Waals surface area contributed by atoms with E-state index < -0.39 is 12.2 Å². The number of ether oxygens (including phenoxy) is 2. The lowest BCUT2D eigenvalue weighted by molar-refractivity contribution is 0.0794. The maximum Gasteiger partial charge on any atom is 0.169 e. The van der Waals surface area contributed by atoms with Gasteiger partial charge in [-0.25, -0.2) is 0 Å². The normalized spacial score (nSPS) is 25.8. The molecule has 2 N–H and O–H groups in total. The highest BCUT2D eigenvalue weighted by Gasteiger charge is 2.34. The van der Waals surface area contributed by atoms with E-state index in [9.17, 15) is 10.2 Å². The first-order chi connectivity index (χ1) is 8.08. The molecule has 1 rings (SSSR count). The summed E-state index contributed by atoms with van der Waals surface area (Å²) in [5, 5.41) is 20.2. The van der Waals surface area contributed by atoms with E-state index in [1.807, 2.05) is 0 Å². The summed E-state index contributed by atoms with van der Waals surface area (Å²) < 4.78 is 10.2. The molecule has 17 heavy (non-hydrogen) atoms. The second kappa shape index (κ2) is 5.89. The average molecular weight is 238 g/mol. The Balaban J connectivity index is 3.13. The Labute approximate surface area is 102 Å². The van der Waals surface area contributed by atoms with Gasteiger partial charge in [0.05, 0.1) is 14.2 Å². The predicted octanol–water partition coefficient (Wildman–Crippen LogP) is 1.20. The summed E-state index contributed by atoms with van der Waals surface area (Å²) in [4.78, 5) is 0. The van der Waals surface area contributed by atoms with E-state index in [1.165, 1.54) is 20.3 Å². The van der Waals surface area contributed by atoms with Crippen molar-refractivity contribution in [1.82, 2.24) is 0 Å². The lowest BCUT2D eigenvalue weighted by Gasteiger charge is -2.30. The van der Waals surface area contributed by atoms with Gasteiger partial charge in [-0.3, -0.25) is 0 Å². The number of hydrogen-bond acceptors (Lipinski definition) is 4.